The number of hydrogen-bond donors (Lipinski definition) is 1. The van der Waals surface area contributed by atoms with Gasteiger partial charge < -0.3 is 15.2 Å². The first-order chi connectivity index (χ1) is 10.2. The zero-order valence-electron chi connectivity index (χ0n) is 13.1. The molecule has 116 valence electrons. The van der Waals surface area contributed by atoms with Crippen molar-refractivity contribution in [2.75, 3.05) is 20.8 Å². The van der Waals surface area contributed by atoms with Gasteiger partial charge in [-0.3, -0.25) is 4.90 Å². The molecular weight excluding hydrogens is 264 g/mol. The fourth-order valence-corrected chi connectivity index (χ4v) is 3.78. The highest BCUT2D eigenvalue weighted by molar-refractivity contribution is 5.48. The zero-order chi connectivity index (χ0) is 14.8. The number of hydrogen-bond acceptors (Lipinski definition) is 4. The summed E-state index contributed by atoms with van der Waals surface area (Å²) in [6.07, 6.45) is 6.07. The van der Waals surface area contributed by atoms with E-state index >= 15 is 0 Å². The Bertz CT molecular complexity index is 504. The van der Waals surface area contributed by atoms with E-state index in [0.29, 0.717) is 12.1 Å². The summed E-state index contributed by atoms with van der Waals surface area (Å²) in [7, 11) is 3.39. The smallest absolute Gasteiger partial charge is 0.161 e. The van der Waals surface area contributed by atoms with E-state index in [0.717, 1.165) is 31.0 Å². The second-order valence-corrected chi connectivity index (χ2v) is 6.21. The maximum absolute atomic E-state index is 6.35. The van der Waals surface area contributed by atoms with Crippen molar-refractivity contribution < 1.29 is 9.47 Å². The van der Waals surface area contributed by atoms with Gasteiger partial charge in [-0.1, -0.05) is 12.8 Å². The van der Waals surface area contributed by atoms with E-state index in [-0.39, 0.29) is 0 Å². The topological polar surface area (TPSA) is 47.7 Å². The molecule has 4 nitrogen and oxygen atoms in total. The first-order valence-electron chi connectivity index (χ1n) is 7.96. The molecule has 4 heteroatoms. The third-order valence-electron chi connectivity index (χ3n) is 5.00. The van der Waals surface area contributed by atoms with Gasteiger partial charge in [0.25, 0.3) is 0 Å². The van der Waals surface area contributed by atoms with Crippen LogP contribution in [0.1, 0.15) is 36.8 Å². The van der Waals surface area contributed by atoms with E-state index in [1.807, 2.05) is 0 Å². The number of ether oxygens (including phenoxy) is 2. The summed E-state index contributed by atoms with van der Waals surface area (Å²) >= 11 is 0. The molecule has 0 bridgehead atoms. The largest absolute Gasteiger partial charge is 0.493 e. The van der Waals surface area contributed by atoms with Gasteiger partial charge in [0.05, 0.1) is 14.2 Å². The van der Waals surface area contributed by atoms with Crippen LogP contribution in [0.5, 0.6) is 11.5 Å². The Hall–Kier alpha value is -1.26. The van der Waals surface area contributed by atoms with Gasteiger partial charge in [-0.2, -0.15) is 0 Å². The average molecular weight is 290 g/mol. The summed E-state index contributed by atoms with van der Waals surface area (Å²) in [6, 6.07) is 5.14. The van der Waals surface area contributed by atoms with Crippen molar-refractivity contribution in [1.29, 1.82) is 0 Å². The minimum atomic E-state index is 0.334. The lowest BCUT2D eigenvalue weighted by atomic mass is 9.87. The predicted molar refractivity (Wildman–Crippen MR) is 83.9 cm³/mol. The van der Waals surface area contributed by atoms with Gasteiger partial charge in [0.1, 0.15) is 0 Å². The molecule has 1 aromatic carbocycles. The average Bonchev–Trinajstić information content (AvgIpc) is 2.53. The number of fused-ring (bicyclic) bond motifs is 1. The van der Waals surface area contributed by atoms with Crippen molar-refractivity contribution >= 4 is 0 Å². The van der Waals surface area contributed by atoms with Crippen molar-refractivity contribution in [3.8, 4) is 11.5 Å². The van der Waals surface area contributed by atoms with Crippen molar-refractivity contribution in [3.63, 3.8) is 0 Å². The fourth-order valence-electron chi connectivity index (χ4n) is 3.78. The highest BCUT2D eigenvalue weighted by atomic mass is 16.5. The molecule has 2 aliphatic rings. The molecular formula is C17H26N2O2. The van der Waals surface area contributed by atoms with Crippen molar-refractivity contribution in [1.82, 2.24) is 4.90 Å². The lowest BCUT2D eigenvalue weighted by Gasteiger charge is -2.41. The maximum Gasteiger partial charge on any atom is 0.161 e. The molecule has 2 atom stereocenters. The zero-order valence-corrected chi connectivity index (χ0v) is 13.1. The number of rotatable bonds is 3. The van der Waals surface area contributed by atoms with Gasteiger partial charge in [0, 0.05) is 25.2 Å². The Morgan fingerprint density at radius 3 is 2.38 bits per heavy atom. The lowest BCUT2D eigenvalue weighted by molar-refractivity contribution is 0.123. The minimum absolute atomic E-state index is 0.334. The van der Waals surface area contributed by atoms with E-state index < -0.39 is 0 Å². The Labute approximate surface area is 127 Å². The standard InChI is InChI=1S/C17H26N2O2/c1-20-16-9-12-7-8-19(11-13(12)10-17(16)21-2)15-6-4-3-5-14(15)18/h9-10,14-15H,3-8,11,18H2,1-2H3. The second kappa shape index (κ2) is 6.24. The lowest BCUT2D eigenvalue weighted by Crippen LogP contribution is -2.51. The molecule has 1 fully saturated rings. The van der Waals surface area contributed by atoms with E-state index in [4.69, 9.17) is 15.2 Å². The summed E-state index contributed by atoms with van der Waals surface area (Å²) in [5.74, 6) is 1.66. The Morgan fingerprint density at radius 2 is 1.71 bits per heavy atom. The van der Waals surface area contributed by atoms with Crippen LogP contribution in [-0.2, 0) is 13.0 Å². The highest BCUT2D eigenvalue weighted by Gasteiger charge is 2.30. The van der Waals surface area contributed by atoms with Crippen LogP contribution in [-0.4, -0.2) is 37.7 Å². The van der Waals surface area contributed by atoms with Gasteiger partial charge in [0.2, 0.25) is 0 Å². The molecule has 1 heterocycles. The molecule has 2 N–H and O–H groups in total. The van der Waals surface area contributed by atoms with E-state index in [2.05, 4.69) is 17.0 Å². The molecule has 21 heavy (non-hydrogen) atoms. The maximum atomic E-state index is 6.35. The molecule has 0 amide bonds. The van der Waals surface area contributed by atoms with E-state index in [9.17, 15) is 0 Å². The molecule has 3 rings (SSSR count). The van der Waals surface area contributed by atoms with Crippen LogP contribution in [0.4, 0.5) is 0 Å². The fraction of sp³-hybridized carbons (Fsp3) is 0.647. The summed E-state index contributed by atoms with van der Waals surface area (Å²) in [4.78, 5) is 2.57. The third kappa shape index (κ3) is 2.87. The van der Waals surface area contributed by atoms with Gasteiger partial charge in [-0.25, -0.2) is 0 Å². The Morgan fingerprint density at radius 1 is 1.05 bits per heavy atom. The van der Waals surface area contributed by atoms with E-state index in [1.165, 1.54) is 36.8 Å². The molecule has 1 aromatic rings. The highest BCUT2D eigenvalue weighted by Crippen LogP contribution is 2.34. The Balaban J connectivity index is 1.81. The summed E-state index contributed by atoms with van der Waals surface area (Å²) in [5.41, 5.74) is 9.09. The van der Waals surface area contributed by atoms with Gasteiger partial charge in [-0.15, -0.1) is 0 Å². The van der Waals surface area contributed by atoms with Crippen molar-refractivity contribution in [3.05, 3.63) is 23.3 Å². The molecule has 2 unspecified atom stereocenters. The third-order valence-corrected chi connectivity index (χ3v) is 5.00. The van der Waals surface area contributed by atoms with Crippen LogP contribution >= 0.6 is 0 Å². The van der Waals surface area contributed by atoms with Crippen LogP contribution in [0.25, 0.3) is 0 Å². The number of methoxy groups -OCH3 is 2. The van der Waals surface area contributed by atoms with Gasteiger partial charge in [-0.05, 0) is 42.5 Å². The van der Waals surface area contributed by atoms with Crippen molar-refractivity contribution in [2.45, 2.75) is 50.7 Å². The molecule has 1 aliphatic carbocycles. The first-order valence-corrected chi connectivity index (χ1v) is 7.96. The number of nitrogens with zero attached hydrogens (tertiary/aromatic N) is 1. The predicted octanol–water partition coefficient (Wildman–Crippen LogP) is 2.33. The molecule has 1 saturated carbocycles. The quantitative estimate of drug-likeness (QED) is 0.928. The molecule has 1 aliphatic heterocycles. The van der Waals surface area contributed by atoms with Gasteiger partial charge >= 0.3 is 0 Å². The SMILES string of the molecule is COc1cc2c(cc1OC)CN(C1CCCCC1N)CC2. The molecule has 0 aromatic heterocycles. The van der Waals surface area contributed by atoms with E-state index in [1.54, 1.807) is 14.2 Å². The van der Waals surface area contributed by atoms with Crippen LogP contribution in [0.15, 0.2) is 12.1 Å². The van der Waals surface area contributed by atoms with Crippen LogP contribution < -0.4 is 15.2 Å². The summed E-state index contributed by atoms with van der Waals surface area (Å²) < 4.78 is 10.8. The number of benzene rings is 1. The normalized spacial score (nSPS) is 26.2. The first kappa shape index (κ1) is 14.7. The molecule has 0 spiro atoms. The van der Waals surface area contributed by atoms with Gasteiger partial charge in [0.15, 0.2) is 11.5 Å². The Kier molecular flexibility index (Phi) is 4.36. The minimum Gasteiger partial charge on any atom is -0.493 e. The molecule has 0 saturated heterocycles. The van der Waals surface area contributed by atoms with Crippen LogP contribution in [0, 0.1) is 0 Å². The van der Waals surface area contributed by atoms with Crippen molar-refractivity contribution in [2.24, 2.45) is 5.73 Å². The molecule has 0 radical (unpaired) electrons. The van der Waals surface area contributed by atoms with Crippen LogP contribution in [0.3, 0.4) is 0 Å². The number of nitrogens with two attached hydrogens (primary N) is 1. The summed E-state index contributed by atoms with van der Waals surface area (Å²) in [6.45, 7) is 2.08. The summed E-state index contributed by atoms with van der Waals surface area (Å²) in [5, 5.41) is 0. The van der Waals surface area contributed by atoms with Crippen LogP contribution in [0.2, 0.25) is 0 Å². The monoisotopic (exact) mass is 290 g/mol. The second-order valence-electron chi connectivity index (χ2n) is 6.21.